The van der Waals surface area contributed by atoms with Gasteiger partial charge in [-0.3, -0.25) is 4.79 Å². The number of methoxy groups -OCH3 is 1. The van der Waals surface area contributed by atoms with Gasteiger partial charge in [0, 0.05) is 0 Å². The van der Waals surface area contributed by atoms with Crippen LogP contribution in [0.1, 0.15) is 18.1 Å². The highest BCUT2D eigenvalue weighted by Gasteiger charge is 2.33. The first-order valence-electron chi connectivity index (χ1n) is 5.15. The zero-order valence-corrected chi connectivity index (χ0v) is 9.36. The van der Waals surface area contributed by atoms with E-state index >= 15 is 0 Å². The van der Waals surface area contributed by atoms with Crippen LogP contribution in [0.15, 0.2) is 24.3 Å². The third kappa shape index (κ3) is 1.69. The second-order valence-electron chi connectivity index (χ2n) is 4.30. The van der Waals surface area contributed by atoms with Crippen LogP contribution < -0.4 is 4.74 Å². The number of fused-ring (bicyclic) bond motifs is 1. The molecule has 0 spiro atoms. The van der Waals surface area contributed by atoms with Gasteiger partial charge in [-0.2, -0.15) is 0 Å². The van der Waals surface area contributed by atoms with Crippen molar-refractivity contribution in [3.8, 4) is 5.75 Å². The third-order valence-corrected chi connectivity index (χ3v) is 3.03. The molecule has 1 unspecified atom stereocenters. The summed E-state index contributed by atoms with van der Waals surface area (Å²) in [5.41, 5.74) is 1.30. The van der Waals surface area contributed by atoms with Crippen molar-refractivity contribution in [2.24, 2.45) is 5.41 Å². The lowest BCUT2D eigenvalue weighted by Crippen LogP contribution is -2.29. The summed E-state index contributed by atoms with van der Waals surface area (Å²) >= 11 is 0. The van der Waals surface area contributed by atoms with E-state index in [0.717, 1.165) is 16.9 Å². The molecule has 16 heavy (non-hydrogen) atoms. The average molecular weight is 218 g/mol. The van der Waals surface area contributed by atoms with Crippen LogP contribution in [0.4, 0.5) is 0 Å². The lowest BCUT2D eigenvalue weighted by Gasteiger charge is -2.26. The standard InChI is InChI=1S/C13H14O3/c1-13(12(14)15)6-5-9-7-11(16-2)4-3-10(9)8-13/h3-7H,8H2,1-2H3,(H,14,15). The van der Waals surface area contributed by atoms with E-state index in [1.54, 1.807) is 20.1 Å². The van der Waals surface area contributed by atoms with E-state index in [1.165, 1.54) is 0 Å². The maximum atomic E-state index is 11.1. The predicted octanol–water partition coefficient (Wildman–Crippen LogP) is 2.36. The second-order valence-corrected chi connectivity index (χ2v) is 4.30. The Hall–Kier alpha value is -1.77. The van der Waals surface area contributed by atoms with Crippen LogP contribution >= 0.6 is 0 Å². The highest BCUT2D eigenvalue weighted by molar-refractivity contribution is 5.80. The Morgan fingerprint density at radius 2 is 2.25 bits per heavy atom. The molecule has 0 amide bonds. The minimum absolute atomic E-state index is 0.526. The molecule has 0 radical (unpaired) electrons. The minimum atomic E-state index is -0.790. The highest BCUT2D eigenvalue weighted by Crippen LogP contribution is 2.34. The molecule has 0 saturated carbocycles. The van der Waals surface area contributed by atoms with Crippen molar-refractivity contribution in [2.75, 3.05) is 7.11 Å². The van der Waals surface area contributed by atoms with Gasteiger partial charge in [0.05, 0.1) is 12.5 Å². The first kappa shape index (κ1) is 10.7. The lowest BCUT2D eigenvalue weighted by molar-refractivity contribution is -0.145. The van der Waals surface area contributed by atoms with Gasteiger partial charge in [0.1, 0.15) is 5.75 Å². The Morgan fingerprint density at radius 1 is 1.50 bits per heavy atom. The van der Waals surface area contributed by atoms with Crippen molar-refractivity contribution >= 4 is 12.0 Å². The summed E-state index contributed by atoms with van der Waals surface area (Å²) in [6.45, 7) is 1.74. The molecule has 2 rings (SSSR count). The summed E-state index contributed by atoms with van der Waals surface area (Å²) < 4.78 is 5.13. The van der Waals surface area contributed by atoms with Crippen LogP contribution in [0.5, 0.6) is 5.75 Å². The molecule has 0 heterocycles. The second kappa shape index (κ2) is 3.67. The van der Waals surface area contributed by atoms with Gasteiger partial charge in [0.25, 0.3) is 0 Å². The van der Waals surface area contributed by atoms with E-state index in [2.05, 4.69) is 0 Å². The van der Waals surface area contributed by atoms with Crippen LogP contribution in [-0.4, -0.2) is 18.2 Å². The molecular formula is C13H14O3. The Labute approximate surface area is 94.4 Å². The maximum absolute atomic E-state index is 11.1. The summed E-state index contributed by atoms with van der Waals surface area (Å²) in [5, 5.41) is 9.15. The zero-order valence-electron chi connectivity index (χ0n) is 9.36. The fourth-order valence-electron chi connectivity index (χ4n) is 1.89. The van der Waals surface area contributed by atoms with Crippen LogP contribution in [0.3, 0.4) is 0 Å². The average Bonchev–Trinajstić information content (AvgIpc) is 2.28. The van der Waals surface area contributed by atoms with Crippen molar-refractivity contribution < 1.29 is 14.6 Å². The Balaban J connectivity index is 2.40. The van der Waals surface area contributed by atoms with Gasteiger partial charge in [-0.1, -0.05) is 18.2 Å². The van der Waals surface area contributed by atoms with Gasteiger partial charge < -0.3 is 9.84 Å². The molecule has 1 aliphatic carbocycles. The zero-order chi connectivity index (χ0) is 11.8. The smallest absolute Gasteiger partial charge is 0.313 e. The molecular weight excluding hydrogens is 204 g/mol. The number of hydrogen-bond donors (Lipinski definition) is 1. The summed E-state index contributed by atoms with van der Waals surface area (Å²) in [6, 6.07) is 5.71. The molecule has 1 aromatic carbocycles. The number of hydrogen-bond acceptors (Lipinski definition) is 2. The molecule has 0 aromatic heterocycles. The molecule has 1 atom stereocenters. The third-order valence-electron chi connectivity index (χ3n) is 3.03. The van der Waals surface area contributed by atoms with E-state index in [4.69, 9.17) is 9.84 Å². The molecule has 1 aromatic rings. The van der Waals surface area contributed by atoms with Crippen LogP contribution in [0, 0.1) is 5.41 Å². The monoisotopic (exact) mass is 218 g/mol. The number of carbonyl (C=O) groups is 1. The lowest BCUT2D eigenvalue weighted by atomic mass is 9.78. The van der Waals surface area contributed by atoms with Gasteiger partial charge in [0.2, 0.25) is 0 Å². The van der Waals surface area contributed by atoms with Gasteiger partial charge in [0.15, 0.2) is 0 Å². The quantitative estimate of drug-likeness (QED) is 0.828. The first-order valence-corrected chi connectivity index (χ1v) is 5.15. The number of rotatable bonds is 2. The first-order chi connectivity index (χ1) is 7.55. The fraction of sp³-hybridized carbons (Fsp3) is 0.308. The van der Waals surface area contributed by atoms with E-state index in [1.807, 2.05) is 24.3 Å². The molecule has 0 bridgehead atoms. The maximum Gasteiger partial charge on any atom is 0.313 e. The van der Waals surface area contributed by atoms with Crippen molar-refractivity contribution in [2.45, 2.75) is 13.3 Å². The van der Waals surface area contributed by atoms with Crippen molar-refractivity contribution in [3.63, 3.8) is 0 Å². The Morgan fingerprint density at radius 3 is 2.88 bits per heavy atom. The molecule has 3 nitrogen and oxygen atoms in total. The Kier molecular flexibility index (Phi) is 2.46. The largest absolute Gasteiger partial charge is 0.497 e. The van der Waals surface area contributed by atoms with E-state index in [0.29, 0.717) is 6.42 Å². The van der Waals surface area contributed by atoms with Gasteiger partial charge in [-0.05, 0) is 36.6 Å². The number of ether oxygens (including phenoxy) is 1. The normalized spacial score (nSPS) is 22.6. The van der Waals surface area contributed by atoms with Gasteiger partial charge >= 0.3 is 5.97 Å². The van der Waals surface area contributed by atoms with Crippen LogP contribution in [0.25, 0.3) is 6.08 Å². The molecule has 0 saturated heterocycles. The molecule has 0 fully saturated rings. The predicted molar refractivity (Wildman–Crippen MR) is 61.5 cm³/mol. The number of carboxylic acids is 1. The highest BCUT2D eigenvalue weighted by atomic mass is 16.5. The summed E-state index contributed by atoms with van der Waals surface area (Å²) in [7, 11) is 1.62. The van der Waals surface area contributed by atoms with E-state index in [-0.39, 0.29) is 0 Å². The summed E-state index contributed by atoms with van der Waals surface area (Å²) in [6.07, 6.45) is 4.13. The van der Waals surface area contributed by atoms with Crippen LogP contribution in [-0.2, 0) is 11.2 Å². The van der Waals surface area contributed by atoms with Crippen molar-refractivity contribution in [3.05, 3.63) is 35.4 Å². The van der Waals surface area contributed by atoms with Crippen molar-refractivity contribution in [1.29, 1.82) is 0 Å². The van der Waals surface area contributed by atoms with Crippen molar-refractivity contribution in [1.82, 2.24) is 0 Å². The number of aliphatic carboxylic acids is 1. The molecule has 0 aliphatic heterocycles. The molecule has 3 heteroatoms. The van der Waals surface area contributed by atoms with Gasteiger partial charge in [-0.25, -0.2) is 0 Å². The topological polar surface area (TPSA) is 46.5 Å². The fourth-order valence-corrected chi connectivity index (χ4v) is 1.89. The van der Waals surface area contributed by atoms with Crippen LogP contribution in [0.2, 0.25) is 0 Å². The number of benzene rings is 1. The van der Waals surface area contributed by atoms with E-state index < -0.39 is 11.4 Å². The number of carboxylic acid groups (broad SMARTS) is 1. The minimum Gasteiger partial charge on any atom is -0.497 e. The SMILES string of the molecule is COc1ccc2c(c1)C=CC(C)(C(=O)O)C2. The molecule has 1 aliphatic rings. The Bertz CT molecular complexity index is 462. The summed E-state index contributed by atoms with van der Waals surface area (Å²) in [4.78, 5) is 11.1. The molecule has 1 N–H and O–H groups in total. The molecule has 84 valence electrons. The summed E-state index contributed by atoms with van der Waals surface area (Å²) in [5.74, 6) is 0.00699. The van der Waals surface area contributed by atoms with Gasteiger partial charge in [-0.15, -0.1) is 0 Å². The van der Waals surface area contributed by atoms with E-state index in [9.17, 15) is 4.79 Å².